The van der Waals surface area contributed by atoms with Gasteiger partial charge >= 0.3 is 0 Å². The Morgan fingerprint density at radius 2 is 2.15 bits per heavy atom. The van der Waals surface area contributed by atoms with E-state index in [0.29, 0.717) is 43.4 Å². The van der Waals surface area contributed by atoms with E-state index in [4.69, 9.17) is 9.15 Å². The molecule has 0 aliphatic carbocycles. The van der Waals surface area contributed by atoms with Crippen molar-refractivity contribution in [1.29, 1.82) is 0 Å². The number of aryl methyl sites for hydroxylation is 1. The second-order valence-corrected chi connectivity index (χ2v) is 7.09. The van der Waals surface area contributed by atoms with Gasteiger partial charge in [0, 0.05) is 31.7 Å². The van der Waals surface area contributed by atoms with Crippen LogP contribution in [0.25, 0.3) is 0 Å². The summed E-state index contributed by atoms with van der Waals surface area (Å²) in [6.45, 7) is 3.47. The molecule has 2 aromatic rings. The fourth-order valence-electron chi connectivity index (χ4n) is 3.75. The lowest BCUT2D eigenvalue weighted by Crippen LogP contribution is -2.42. The Bertz CT molecular complexity index is 797. The van der Waals surface area contributed by atoms with Gasteiger partial charge < -0.3 is 19.4 Å². The van der Waals surface area contributed by atoms with Crippen LogP contribution in [0.4, 0.5) is 0 Å². The van der Waals surface area contributed by atoms with Gasteiger partial charge in [-0.15, -0.1) is 0 Å². The van der Waals surface area contributed by atoms with Crippen molar-refractivity contribution in [3.63, 3.8) is 0 Å². The van der Waals surface area contributed by atoms with Gasteiger partial charge in [-0.25, -0.2) is 4.98 Å². The first-order valence-corrected chi connectivity index (χ1v) is 9.22. The molecule has 9 heteroatoms. The molecule has 2 aliphatic heterocycles. The number of amides is 2. The van der Waals surface area contributed by atoms with Gasteiger partial charge in [-0.05, 0) is 32.3 Å². The summed E-state index contributed by atoms with van der Waals surface area (Å²) in [7, 11) is 0. The maximum atomic E-state index is 12.9. The van der Waals surface area contributed by atoms with Gasteiger partial charge in [-0.2, -0.15) is 5.10 Å². The second kappa shape index (κ2) is 7.51. The lowest BCUT2D eigenvalue weighted by molar-refractivity contribution is -0.128. The van der Waals surface area contributed by atoms with Gasteiger partial charge in [0.2, 0.25) is 5.91 Å². The fourth-order valence-corrected chi connectivity index (χ4v) is 3.75. The minimum absolute atomic E-state index is 0.0263. The van der Waals surface area contributed by atoms with E-state index in [0.717, 1.165) is 12.8 Å². The number of H-pyrrole nitrogens is 1. The van der Waals surface area contributed by atoms with Crippen LogP contribution < -0.4 is 5.32 Å². The zero-order valence-corrected chi connectivity index (χ0v) is 15.2. The van der Waals surface area contributed by atoms with E-state index >= 15 is 0 Å². The van der Waals surface area contributed by atoms with E-state index in [-0.39, 0.29) is 29.8 Å². The van der Waals surface area contributed by atoms with Crippen LogP contribution in [0.15, 0.2) is 23.0 Å². The number of carbonyl (C=O) groups excluding carboxylic acids is 2. The third-order valence-corrected chi connectivity index (χ3v) is 5.18. The van der Waals surface area contributed by atoms with Crippen LogP contribution in [0.1, 0.15) is 47.3 Å². The van der Waals surface area contributed by atoms with Gasteiger partial charge in [0.15, 0.2) is 5.82 Å². The lowest BCUT2D eigenvalue weighted by atomic mass is 9.99. The minimum atomic E-state index is -0.294. The number of furan rings is 1. The van der Waals surface area contributed by atoms with Crippen molar-refractivity contribution in [1.82, 2.24) is 25.4 Å². The smallest absolute Gasteiger partial charge is 0.257 e. The topological polar surface area (TPSA) is 113 Å². The quantitative estimate of drug-likeness (QED) is 0.833. The molecule has 144 valence electrons. The van der Waals surface area contributed by atoms with Gasteiger partial charge in [0.1, 0.15) is 12.1 Å². The van der Waals surface area contributed by atoms with Crippen LogP contribution in [0.3, 0.4) is 0 Å². The van der Waals surface area contributed by atoms with Crippen molar-refractivity contribution in [2.45, 2.75) is 38.3 Å². The number of aromatic nitrogens is 3. The predicted octanol–water partition coefficient (Wildman–Crippen LogP) is 1.20. The molecule has 2 atom stereocenters. The van der Waals surface area contributed by atoms with Crippen molar-refractivity contribution in [2.75, 3.05) is 19.8 Å². The van der Waals surface area contributed by atoms with Gasteiger partial charge in [0.05, 0.1) is 17.9 Å². The molecule has 4 heterocycles. The molecule has 2 saturated heterocycles. The van der Waals surface area contributed by atoms with E-state index in [2.05, 4.69) is 20.5 Å². The molecule has 2 aromatic heterocycles. The van der Waals surface area contributed by atoms with E-state index in [9.17, 15) is 9.59 Å². The Morgan fingerprint density at radius 1 is 1.33 bits per heavy atom. The standard InChI is InChI=1S/C18H23N5O4/c1-11-19-16(22-21-11)15-8-14(20-17(24)12-2-5-26-6-3-12)9-23(15)18(25)13-4-7-27-10-13/h4,7,10,12,14-15H,2-3,5-6,8-9H2,1H3,(H,20,24)(H,19,21,22)/t14-,15-/m0/s1. The van der Waals surface area contributed by atoms with Crippen LogP contribution in [-0.2, 0) is 9.53 Å². The molecule has 0 unspecified atom stereocenters. The zero-order valence-electron chi connectivity index (χ0n) is 15.2. The lowest BCUT2D eigenvalue weighted by Gasteiger charge is -2.23. The first-order chi connectivity index (χ1) is 13.1. The number of ether oxygens (including phenoxy) is 1. The zero-order chi connectivity index (χ0) is 18.8. The molecule has 2 N–H and O–H groups in total. The van der Waals surface area contributed by atoms with Crippen molar-refractivity contribution < 1.29 is 18.7 Å². The number of rotatable bonds is 4. The van der Waals surface area contributed by atoms with Crippen molar-refractivity contribution in [2.24, 2.45) is 5.92 Å². The highest BCUT2D eigenvalue weighted by Gasteiger charge is 2.40. The number of hydrogen-bond donors (Lipinski definition) is 2. The molecular weight excluding hydrogens is 350 g/mol. The van der Waals surface area contributed by atoms with Crippen molar-refractivity contribution in [3.8, 4) is 0 Å². The maximum Gasteiger partial charge on any atom is 0.257 e. The predicted molar refractivity (Wildman–Crippen MR) is 93.7 cm³/mol. The molecule has 2 amide bonds. The first-order valence-electron chi connectivity index (χ1n) is 9.22. The second-order valence-electron chi connectivity index (χ2n) is 7.09. The van der Waals surface area contributed by atoms with E-state index in [1.165, 1.54) is 12.5 Å². The van der Waals surface area contributed by atoms with Crippen molar-refractivity contribution >= 4 is 11.8 Å². The molecule has 0 aromatic carbocycles. The molecule has 0 saturated carbocycles. The summed E-state index contributed by atoms with van der Waals surface area (Å²) >= 11 is 0. The summed E-state index contributed by atoms with van der Waals surface area (Å²) in [6, 6.07) is 1.20. The summed E-state index contributed by atoms with van der Waals surface area (Å²) in [5, 5.41) is 10.2. The maximum absolute atomic E-state index is 12.9. The van der Waals surface area contributed by atoms with Gasteiger partial charge in [0.25, 0.3) is 5.91 Å². The SMILES string of the molecule is Cc1nc([C@@H]2C[C@H](NC(=O)C3CCOCC3)CN2C(=O)c2ccoc2)n[nH]1. The Labute approximate surface area is 156 Å². The van der Waals surface area contributed by atoms with Crippen molar-refractivity contribution in [3.05, 3.63) is 35.8 Å². The van der Waals surface area contributed by atoms with E-state index < -0.39 is 0 Å². The molecule has 27 heavy (non-hydrogen) atoms. The average molecular weight is 373 g/mol. The van der Waals surface area contributed by atoms with Gasteiger partial charge in [-0.3, -0.25) is 14.7 Å². The monoisotopic (exact) mass is 373 g/mol. The minimum Gasteiger partial charge on any atom is -0.472 e. The average Bonchev–Trinajstić information content (AvgIpc) is 3.42. The first kappa shape index (κ1) is 17.7. The Balaban J connectivity index is 1.50. The molecule has 0 spiro atoms. The molecule has 0 radical (unpaired) electrons. The highest BCUT2D eigenvalue weighted by Crippen LogP contribution is 2.32. The third kappa shape index (κ3) is 3.73. The number of likely N-dealkylation sites (tertiary alicyclic amines) is 1. The summed E-state index contributed by atoms with van der Waals surface area (Å²) in [4.78, 5) is 31.6. The molecule has 9 nitrogen and oxygen atoms in total. The van der Waals surface area contributed by atoms with Gasteiger partial charge in [-0.1, -0.05) is 0 Å². The third-order valence-electron chi connectivity index (χ3n) is 5.18. The number of aromatic amines is 1. The molecular formula is C18H23N5O4. The summed E-state index contributed by atoms with van der Waals surface area (Å²) in [5.41, 5.74) is 0.476. The Kier molecular flexibility index (Phi) is 4.93. The van der Waals surface area contributed by atoms with Crippen LogP contribution in [-0.4, -0.2) is 57.7 Å². The normalized spacial score (nSPS) is 23.5. The van der Waals surface area contributed by atoms with E-state index in [1.54, 1.807) is 11.0 Å². The largest absolute Gasteiger partial charge is 0.472 e. The van der Waals surface area contributed by atoms with Crippen LogP contribution in [0.5, 0.6) is 0 Å². The highest BCUT2D eigenvalue weighted by molar-refractivity contribution is 5.94. The number of carbonyl (C=O) groups is 2. The fraction of sp³-hybridized carbons (Fsp3) is 0.556. The number of nitrogens with one attached hydrogen (secondary N) is 2. The summed E-state index contributed by atoms with van der Waals surface area (Å²) < 4.78 is 10.4. The van der Waals surface area contributed by atoms with Crippen LogP contribution in [0.2, 0.25) is 0 Å². The molecule has 0 bridgehead atoms. The Hall–Kier alpha value is -2.68. The van der Waals surface area contributed by atoms with Crippen LogP contribution in [0, 0.1) is 12.8 Å². The Morgan fingerprint density at radius 3 is 2.81 bits per heavy atom. The summed E-state index contributed by atoms with van der Waals surface area (Å²) in [6.07, 6.45) is 4.95. The van der Waals surface area contributed by atoms with E-state index in [1.807, 2.05) is 6.92 Å². The van der Waals surface area contributed by atoms with Crippen LogP contribution >= 0.6 is 0 Å². The molecule has 4 rings (SSSR count). The molecule has 2 fully saturated rings. The number of nitrogens with zero attached hydrogens (tertiary/aromatic N) is 3. The molecule has 2 aliphatic rings. The number of hydrogen-bond acceptors (Lipinski definition) is 6. The summed E-state index contributed by atoms with van der Waals surface area (Å²) in [5.74, 6) is 1.11. The highest BCUT2D eigenvalue weighted by atomic mass is 16.5.